The fraction of sp³-hybridized carbons (Fsp3) is 0.696. The fourth-order valence-electron chi connectivity index (χ4n) is 7.01. The van der Waals surface area contributed by atoms with Gasteiger partial charge in [-0.05, 0) is 49.7 Å². The van der Waals surface area contributed by atoms with Gasteiger partial charge in [-0.25, -0.2) is 0 Å². The lowest BCUT2D eigenvalue weighted by Crippen LogP contribution is -2.69. The minimum Gasteiger partial charge on any atom is -0.458 e. The van der Waals surface area contributed by atoms with E-state index < -0.39 is 51.3 Å². The molecule has 0 aromatic carbocycles. The number of carbonyl (C=O) groups is 3. The van der Waals surface area contributed by atoms with Crippen molar-refractivity contribution in [1.29, 1.82) is 0 Å². The third kappa shape index (κ3) is 2.77. The number of fused-ring (bicyclic) bond motifs is 5. The Bertz CT molecular complexity index is 912. The molecule has 4 rings (SSSR count). The highest BCUT2D eigenvalue weighted by molar-refractivity contribution is 9.10. The Kier molecular flexibility index (Phi) is 5.21. The molecule has 0 aromatic heterocycles. The van der Waals surface area contributed by atoms with Crippen molar-refractivity contribution in [3.8, 4) is 0 Å². The van der Waals surface area contributed by atoms with Crippen LogP contribution in [0.4, 0.5) is 0 Å². The predicted molar refractivity (Wildman–Crippen MR) is 114 cm³/mol. The minimum atomic E-state index is -2.13. The molecule has 4 aliphatic carbocycles. The summed E-state index contributed by atoms with van der Waals surface area (Å²) in [5.41, 5.74) is -2.89. The van der Waals surface area contributed by atoms with Gasteiger partial charge >= 0.3 is 5.97 Å². The average molecular weight is 497 g/mol. The lowest BCUT2D eigenvalue weighted by atomic mass is 9.46. The number of ether oxygens (including phenoxy) is 1. The van der Waals surface area contributed by atoms with Gasteiger partial charge in [-0.15, -0.1) is 0 Å². The molecule has 31 heavy (non-hydrogen) atoms. The molecule has 8 atom stereocenters. The molecule has 0 spiro atoms. The monoisotopic (exact) mass is 496 g/mol. The number of aliphatic hydroxyl groups is 3. The van der Waals surface area contributed by atoms with Crippen LogP contribution in [0.5, 0.6) is 0 Å². The smallest absolute Gasteiger partial charge is 0.303 e. The highest BCUT2D eigenvalue weighted by atomic mass is 79.9. The SMILES string of the molecule is CC(=O)OCC(=O)[C@@]1(O)[C@H](O)CC2C3CCC4=CC(=O)C=CC4(C)[C@@]3(Br)[C@@H](O)CC21C. The Labute approximate surface area is 189 Å². The van der Waals surface area contributed by atoms with Gasteiger partial charge in [0.15, 0.2) is 18.0 Å². The van der Waals surface area contributed by atoms with E-state index in [2.05, 4.69) is 15.9 Å². The minimum absolute atomic E-state index is 0.0705. The van der Waals surface area contributed by atoms with Gasteiger partial charge in [0.2, 0.25) is 5.78 Å². The predicted octanol–water partition coefficient (Wildman–Crippen LogP) is 1.62. The van der Waals surface area contributed by atoms with E-state index in [1.54, 1.807) is 13.0 Å². The second-order valence-electron chi connectivity index (χ2n) is 9.99. The third-order valence-electron chi connectivity index (χ3n) is 8.69. The second-order valence-corrected chi connectivity index (χ2v) is 11.3. The summed E-state index contributed by atoms with van der Waals surface area (Å²) >= 11 is 3.89. The van der Waals surface area contributed by atoms with Gasteiger partial charge in [0.25, 0.3) is 0 Å². The fourth-order valence-corrected chi connectivity index (χ4v) is 8.10. The van der Waals surface area contributed by atoms with E-state index in [-0.39, 0.29) is 30.5 Å². The van der Waals surface area contributed by atoms with Gasteiger partial charge in [0, 0.05) is 17.8 Å². The van der Waals surface area contributed by atoms with Crippen molar-refractivity contribution >= 4 is 33.5 Å². The number of hydrogen-bond acceptors (Lipinski definition) is 7. The van der Waals surface area contributed by atoms with Crippen LogP contribution in [0.2, 0.25) is 0 Å². The molecule has 4 aliphatic rings. The van der Waals surface area contributed by atoms with Crippen molar-refractivity contribution in [2.75, 3.05) is 6.61 Å². The molecule has 0 saturated heterocycles. The van der Waals surface area contributed by atoms with Crippen LogP contribution in [-0.2, 0) is 19.1 Å². The Morgan fingerprint density at radius 3 is 2.55 bits per heavy atom. The molecule has 0 aliphatic heterocycles. The van der Waals surface area contributed by atoms with Crippen molar-refractivity contribution in [3.63, 3.8) is 0 Å². The van der Waals surface area contributed by atoms with Crippen LogP contribution in [0, 0.1) is 22.7 Å². The van der Waals surface area contributed by atoms with E-state index in [1.165, 1.54) is 13.0 Å². The number of aliphatic hydroxyl groups excluding tert-OH is 2. The largest absolute Gasteiger partial charge is 0.458 e. The van der Waals surface area contributed by atoms with Crippen molar-refractivity contribution < 1.29 is 34.4 Å². The first-order chi connectivity index (χ1) is 14.3. The summed E-state index contributed by atoms with van der Waals surface area (Å²) in [5, 5.41) is 33.9. The summed E-state index contributed by atoms with van der Waals surface area (Å²) < 4.78 is 4.01. The maximum atomic E-state index is 13.0. The first-order valence-electron chi connectivity index (χ1n) is 10.7. The van der Waals surface area contributed by atoms with E-state index in [9.17, 15) is 29.7 Å². The first kappa shape index (κ1) is 22.8. The molecular formula is C23H29BrO7. The van der Waals surface area contributed by atoms with Gasteiger partial charge in [-0.1, -0.05) is 41.4 Å². The molecule has 0 radical (unpaired) electrons. The first-order valence-corrected chi connectivity index (χ1v) is 11.5. The van der Waals surface area contributed by atoms with Crippen LogP contribution >= 0.6 is 15.9 Å². The Hall–Kier alpha value is -1.35. The molecule has 0 bridgehead atoms. The average Bonchev–Trinajstić information content (AvgIpc) is 2.89. The van der Waals surface area contributed by atoms with Crippen molar-refractivity contribution in [1.82, 2.24) is 0 Å². The van der Waals surface area contributed by atoms with Gasteiger partial charge in [0.1, 0.15) is 0 Å². The molecule has 8 heteroatoms. The molecule has 170 valence electrons. The zero-order chi connectivity index (χ0) is 23.0. The highest BCUT2D eigenvalue weighted by Crippen LogP contribution is 2.71. The lowest BCUT2D eigenvalue weighted by Gasteiger charge is -2.64. The van der Waals surface area contributed by atoms with Gasteiger partial charge in [-0.2, -0.15) is 0 Å². The van der Waals surface area contributed by atoms with Crippen molar-refractivity contribution in [2.45, 2.75) is 68.6 Å². The standard InChI is InChI=1S/C23H29BrO7/c1-12(25)31-11-19(29)23(30)17(27)9-16-15-5-4-13-8-14(26)6-7-20(13,2)22(15,24)18(28)10-21(16,23)3/h6-8,15-18,27-28,30H,4-5,9-11H2,1-3H3/t15?,16?,17-,18+,20?,21?,22+,23+/m1/s1. The number of esters is 1. The molecule has 4 unspecified atom stereocenters. The van der Waals surface area contributed by atoms with Crippen LogP contribution in [0.3, 0.4) is 0 Å². The highest BCUT2D eigenvalue weighted by Gasteiger charge is 2.75. The molecule has 7 nitrogen and oxygen atoms in total. The number of carbonyl (C=O) groups excluding carboxylic acids is 3. The Morgan fingerprint density at radius 1 is 1.23 bits per heavy atom. The number of alkyl halides is 1. The van der Waals surface area contributed by atoms with Crippen LogP contribution in [0.15, 0.2) is 23.8 Å². The molecule has 3 N–H and O–H groups in total. The number of allylic oxidation sites excluding steroid dienone is 4. The summed E-state index contributed by atoms with van der Waals surface area (Å²) in [6, 6.07) is 0. The zero-order valence-electron chi connectivity index (χ0n) is 17.9. The van der Waals surface area contributed by atoms with E-state index in [0.29, 0.717) is 12.8 Å². The van der Waals surface area contributed by atoms with Crippen LogP contribution < -0.4 is 0 Å². The van der Waals surface area contributed by atoms with Crippen molar-refractivity contribution in [2.24, 2.45) is 22.7 Å². The third-order valence-corrected chi connectivity index (χ3v) is 10.6. The molecule has 3 fully saturated rings. The lowest BCUT2D eigenvalue weighted by molar-refractivity contribution is -0.187. The second kappa shape index (κ2) is 7.07. The number of Topliss-reactive ketones (excluding diaryl/α,β-unsaturated/α-hetero) is 1. The molecule has 3 saturated carbocycles. The Morgan fingerprint density at radius 2 is 1.90 bits per heavy atom. The van der Waals surface area contributed by atoms with E-state index >= 15 is 0 Å². The summed E-state index contributed by atoms with van der Waals surface area (Å²) in [6.07, 6.45) is 4.29. The Balaban J connectivity index is 1.76. The van der Waals surface area contributed by atoms with Crippen LogP contribution in [0.25, 0.3) is 0 Å². The molecule has 0 amide bonds. The van der Waals surface area contributed by atoms with E-state index in [0.717, 1.165) is 5.57 Å². The number of rotatable bonds is 3. The van der Waals surface area contributed by atoms with Crippen LogP contribution in [0.1, 0.15) is 46.5 Å². The van der Waals surface area contributed by atoms with E-state index in [4.69, 9.17) is 4.74 Å². The normalized spacial score (nSPS) is 48.4. The summed E-state index contributed by atoms with van der Waals surface area (Å²) in [6.45, 7) is 4.29. The van der Waals surface area contributed by atoms with Gasteiger partial charge in [-0.3, -0.25) is 14.4 Å². The van der Waals surface area contributed by atoms with E-state index in [1.807, 2.05) is 13.0 Å². The maximum Gasteiger partial charge on any atom is 0.303 e. The number of hydrogen-bond donors (Lipinski definition) is 3. The summed E-state index contributed by atoms with van der Waals surface area (Å²) in [5.74, 6) is -1.89. The molecule has 0 aromatic rings. The van der Waals surface area contributed by atoms with Crippen molar-refractivity contribution in [3.05, 3.63) is 23.8 Å². The maximum absolute atomic E-state index is 13.0. The topological polar surface area (TPSA) is 121 Å². The van der Waals surface area contributed by atoms with Gasteiger partial charge in [0.05, 0.1) is 16.5 Å². The molecular weight excluding hydrogens is 468 g/mol. The number of halogens is 1. The quantitative estimate of drug-likeness (QED) is 0.400. The van der Waals surface area contributed by atoms with Crippen LogP contribution in [-0.4, -0.2) is 61.6 Å². The summed E-state index contributed by atoms with van der Waals surface area (Å²) in [7, 11) is 0. The summed E-state index contributed by atoms with van der Waals surface area (Å²) in [4.78, 5) is 36.1. The number of ketones is 2. The molecule has 0 heterocycles. The zero-order valence-corrected chi connectivity index (χ0v) is 19.5. The van der Waals surface area contributed by atoms with Gasteiger partial charge < -0.3 is 20.1 Å².